The molecule has 0 aliphatic carbocycles. The van der Waals surface area contributed by atoms with E-state index in [1.807, 2.05) is 13.8 Å². The number of amides is 2. The van der Waals surface area contributed by atoms with Crippen LogP contribution in [-0.4, -0.2) is 50.7 Å². The highest BCUT2D eigenvalue weighted by atomic mass is 35.5. The Labute approximate surface area is 166 Å². The Kier molecular flexibility index (Phi) is 8.22. The zero-order valence-corrected chi connectivity index (χ0v) is 17.2. The average molecular weight is 419 g/mol. The quantitative estimate of drug-likeness (QED) is 0.608. The van der Waals surface area contributed by atoms with Crippen LogP contribution in [0.5, 0.6) is 0 Å². The molecule has 0 spiro atoms. The molecule has 0 bridgehead atoms. The van der Waals surface area contributed by atoms with Gasteiger partial charge in [0.15, 0.2) is 0 Å². The standard InChI is InChI=1S/C17H26N4O4S.ClH/c1-3-17(4-2,12-18)16(23)20-13-6-5-7-14(10-13)26(24,25)21-9-8-19-15(22)11-21;/h5-7,10H,3-4,8-9,11-12,18H2,1-2H3,(H,19,22)(H,20,23);1H. The van der Waals surface area contributed by atoms with Crippen molar-refractivity contribution in [1.82, 2.24) is 9.62 Å². The van der Waals surface area contributed by atoms with E-state index < -0.39 is 15.4 Å². The van der Waals surface area contributed by atoms with Crippen LogP contribution in [0.1, 0.15) is 26.7 Å². The molecule has 0 radical (unpaired) electrons. The van der Waals surface area contributed by atoms with E-state index in [0.717, 1.165) is 4.31 Å². The zero-order valence-electron chi connectivity index (χ0n) is 15.5. The molecular weight excluding hydrogens is 392 g/mol. The summed E-state index contributed by atoms with van der Waals surface area (Å²) in [6, 6.07) is 6.06. The van der Waals surface area contributed by atoms with Crippen LogP contribution >= 0.6 is 12.4 Å². The maximum Gasteiger partial charge on any atom is 0.243 e. The van der Waals surface area contributed by atoms with Crippen molar-refractivity contribution in [3.05, 3.63) is 24.3 Å². The van der Waals surface area contributed by atoms with Crippen molar-refractivity contribution in [3.63, 3.8) is 0 Å². The molecule has 27 heavy (non-hydrogen) atoms. The molecule has 0 atom stereocenters. The Morgan fingerprint density at radius 2 is 2.00 bits per heavy atom. The van der Waals surface area contributed by atoms with Crippen molar-refractivity contribution in [3.8, 4) is 0 Å². The number of nitrogens with zero attached hydrogens (tertiary/aromatic N) is 1. The summed E-state index contributed by atoms with van der Waals surface area (Å²) in [7, 11) is -3.81. The number of halogens is 1. The summed E-state index contributed by atoms with van der Waals surface area (Å²) < 4.78 is 26.6. The second-order valence-corrected chi connectivity index (χ2v) is 8.30. The van der Waals surface area contributed by atoms with Crippen LogP contribution in [0.15, 0.2) is 29.2 Å². The van der Waals surface area contributed by atoms with E-state index in [1.54, 1.807) is 12.1 Å². The van der Waals surface area contributed by atoms with Gasteiger partial charge in [-0.3, -0.25) is 9.59 Å². The van der Waals surface area contributed by atoms with E-state index in [2.05, 4.69) is 10.6 Å². The number of nitrogens with one attached hydrogen (secondary N) is 2. The van der Waals surface area contributed by atoms with E-state index in [1.165, 1.54) is 12.1 Å². The fourth-order valence-electron chi connectivity index (χ4n) is 2.92. The van der Waals surface area contributed by atoms with Crippen molar-refractivity contribution in [2.45, 2.75) is 31.6 Å². The lowest BCUT2D eigenvalue weighted by Gasteiger charge is -2.29. The summed E-state index contributed by atoms with van der Waals surface area (Å²) >= 11 is 0. The Balaban J connectivity index is 0.00000364. The highest BCUT2D eigenvalue weighted by Crippen LogP contribution is 2.28. The van der Waals surface area contributed by atoms with Crippen molar-refractivity contribution in [1.29, 1.82) is 0 Å². The van der Waals surface area contributed by atoms with Crippen LogP contribution in [0.4, 0.5) is 5.69 Å². The number of carbonyl (C=O) groups is 2. The van der Waals surface area contributed by atoms with Crippen LogP contribution in [0.3, 0.4) is 0 Å². The minimum Gasteiger partial charge on any atom is -0.354 e. The molecule has 2 amide bonds. The number of sulfonamides is 1. The first-order valence-corrected chi connectivity index (χ1v) is 10.1. The fourth-order valence-corrected chi connectivity index (χ4v) is 4.36. The second-order valence-electron chi connectivity index (χ2n) is 6.36. The first-order chi connectivity index (χ1) is 12.3. The van der Waals surface area contributed by atoms with Gasteiger partial charge in [0, 0.05) is 25.3 Å². The highest BCUT2D eigenvalue weighted by molar-refractivity contribution is 7.89. The minimum absolute atomic E-state index is 0. The van der Waals surface area contributed by atoms with Crippen molar-refractivity contribution in [2.24, 2.45) is 11.1 Å². The minimum atomic E-state index is -3.81. The third-order valence-electron chi connectivity index (χ3n) is 4.96. The number of hydrogen-bond donors (Lipinski definition) is 3. The SMILES string of the molecule is CCC(CC)(CN)C(=O)Nc1cccc(S(=O)(=O)N2CCNC(=O)C2)c1.Cl. The van der Waals surface area contributed by atoms with E-state index in [9.17, 15) is 18.0 Å². The van der Waals surface area contributed by atoms with Crippen molar-refractivity contribution < 1.29 is 18.0 Å². The third kappa shape index (κ3) is 4.98. The van der Waals surface area contributed by atoms with Crippen LogP contribution in [0.2, 0.25) is 0 Å². The third-order valence-corrected chi connectivity index (χ3v) is 6.80. The van der Waals surface area contributed by atoms with Crippen LogP contribution in [0.25, 0.3) is 0 Å². The van der Waals surface area contributed by atoms with Gasteiger partial charge in [0.2, 0.25) is 21.8 Å². The van der Waals surface area contributed by atoms with E-state index in [0.29, 0.717) is 18.5 Å². The van der Waals surface area contributed by atoms with Gasteiger partial charge in [-0.2, -0.15) is 4.31 Å². The Morgan fingerprint density at radius 1 is 1.33 bits per heavy atom. The molecule has 0 unspecified atom stereocenters. The van der Waals surface area contributed by atoms with Gasteiger partial charge in [0.25, 0.3) is 0 Å². The summed E-state index contributed by atoms with van der Waals surface area (Å²) in [5.41, 5.74) is 5.50. The maximum absolute atomic E-state index is 12.7. The molecule has 1 saturated heterocycles. The molecule has 0 aromatic heterocycles. The molecule has 1 aromatic carbocycles. The van der Waals surface area contributed by atoms with Crippen LogP contribution in [-0.2, 0) is 19.6 Å². The normalized spacial score (nSPS) is 15.6. The maximum atomic E-state index is 12.7. The number of rotatable bonds is 7. The Morgan fingerprint density at radius 3 is 2.56 bits per heavy atom. The predicted molar refractivity (Wildman–Crippen MR) is 106 cm³/mol. The average Bonchev–Trinajstić information content (AvgIpc) is 2.64. The van der Waals surface area contributed by atoms with Gasteiger partial charge in [0.1, 0.15) is 0 Å². The van der Waals surface area contributed by atoms with E-state index in [-0.39, 0.29) is 55.3 Å². The molecule has 4 N–H and O–H groups in total. The number of benzene rings is 1. The number of hydrogen-bond acceptors (Lipinski definition) is 5. The van der Waals surface area contributed by atoms with Gasteiger partial charge >= 0.3 is 0 Å². The molecule has 10 heteroatoms. The zero-order chi connectivity index (χ0) is 19.4. The van der Waals surface area contributed by atoms with Crippen LogP contribution in [0, 0.1) is 5.41 Å². The lowest BCUT2D eigenvalue weighted by molar-refractivity contribution is -0.125. The molecule has 8 nitrogen and oxygen atoms in total. The molecule has 2 rings (SSSR count). The van der Waals surface area contributed by atoms with E-state index in [4.69, 9.17) is 5.73 Å². The van der Waals surface area contributed by atoms with Gasteiger partial charge in [-0.25, -0.2) is 8.42 Å². The van der Waals surface area contributed by atoms with Gasteiger partial charge in [0.05, 0.1) is 16.9 Å². The highest BCUT2D eigenvalue weighted by Gasteiger charge is 2.34. The largest absolute Gasteiger partial charge is 0.354 e. The molecule has 0 saturated carbocycles. The topological polar surface area (TPSA) is 122 Å². The van der Waals surface area contributed by atoms with Gasteiger partial charge in [-0.15, -0.1) is 12.4 Å². The fraction of sp³-hybridized carbons (Fsp3) is 0.529. The predicted octanol–water partition coefficient (Wildman–Crippen LogP) is 0.933. The molecule has 1 fully saturated rings. The first kappa shape index (κ1) is 23.4. The monoisotopic (exact) mass is 418 g/mol. The molecule has 1 aliphatic heterocycles. The van der Waals surface area contributed by atoms with E-state index >= 15 is 0 Å². The summed E-state index contributed by atoms with van der Waals surface area (Å²) in [5.74, 6) is -0.556. The number of carbonyl (C=O) groups excluding carboxylic acids is 2. The number of anilines is 1. The van der Waals surface area contributed by atoms with Gasteiger partial charge < -0.3 is 16.4 Å². The second kappa shape index (κ2) is 9.50. The Hall–Kier alpha value is -1.68. The van der Waals surface area contributed by atoms with Crippen molar-refractivity contribution in [2.75, 3.05) is 31.5 Å². The number of piperazine rings is 1. The summed E-state index contributed by atoms with van der Waals surface area (Å²) in [6.45, 7) is 4.30. The molecule has 1 aromatic rings. The smallest absolute Gasteiger partial charge is 0.243 e. The van der Waals surface area contributed by atoms with Crippen LogP contribution < -0.4 is 16.4 Å². The molecule has 1 heterocycles. The van der Waals surface area contributed by atoms with Gasteiger partial charge in [-0.1, -0.05) is 19.9 Å². The number of nitrogens with two attached hydrogens (primary N) is 1. The summed E-state index contributed by atoms with van der Waals surface area (Å²) in [4.78, 5) is 24.2. The summed E-state index contributed by atoms with van der Waals surface area (Å²) in [6.07, 6.45) is 1.18. The van der Waals surface area contributed by atoms with Crippen molar-refractivity contribution >= 4 is 39.9 Å². The first-order valence-electron chi connectivity index (χ1n) is 8.67. The van der Waals surface area contributed by atoms with Gasteiger partial charge in [-0.05, 0) is 31.0 Å². The molecule has 152 valence electrons. The molecule has 1 aliphatic rings. The lowest BCUT2D eigenvalue weighted by Crippen LogP contribution is -2.49. The Bertz CT molecular complexity index is 773. The molecular formula is C17H27ClN4O4S. The summed E-state index contributed by atoms with van der Waals surface area (Å²) in [5, 5.41) is 5.37. The lowest BCUT2D eigenvalue weighted by atomic mass is 9.81.